The Morgan fingerprint density at radius 1 is 0.263 bits per heavy atom. The molecule has 264 valence electrons. The van der Waals surface area contributed by atoms with E-state index >= 15 is 0 Å². The van der Waals surface area contributed by atoms with Crippen molar-refractivity contribution in [2.75, 3.05) is 0 Å². The Balaban J connectivity index is 1.36. The van der Waals surface area contributed by atoms with Gasteiger partial charge in [0.2, 0.25) is 11.4 Å². The summed E-state index contributed by atoms with van der Waals surface area (Å²) in [5.41, 5.74) is 5.69. The Hall–Kier alpha value is -7.62. The Morgan fingerprint density at radius 3 is 1.04 bits per heavy atom. The van der Waals surface area contributed by atoms with Gasteiger partial charge < -0.3 is 4.42 Å². The van der Waals surface area contributed by atoms with Crippen molar-refractivity contribution in [2.45, 2.75) is 0 Å². The summed E-state index contributed by atoms with van der Waals surface area (Å²) in [6.07, 6.45) is 0. The van der Waals surface area contributed by atoms with Crippen molar-refractivity contribution < 1.29 is 4.42 Å². The van der Waals surface area contributed by atoms with Gasteiger partial charge in [-0.05, 0) is 122 Å². The number of nitrogens with zero attached hydrogens (tertiary/aromatic N) is 2. The molecule has 12 aromatic rings. The highest BCUT2D eigenvalue weighted by Crippen LogP contribution is 2.44. The molecule has 0 unspecified atom stereocenters. The lowest BCUT2D eigenvalue weighted by Gasteiger charge is -2.14. The molecule has 0 amide bonds. The van der Waals surface area contributed by atoms with E-state index in [4.69, 9.17) is 14.6 Å². The highest BCUT2D eigenvalue weighted by atomic mass is 16.4. The van der Waals surface area contributed by atoms with Crippen molar-refractivity contribution >= 4 is 97.6 Å². The summed E-state index contributed by atoms with van der Waals surface area (Å²) in [6.45, 7) is 0. The molecule has 0 spiro atoms. The maximum atomic E-state index is 7.06. The van der Waals surface area contributed by atoms with Crippen LogP contribution in [0.5, 0.6) is 0 Å². The summed E-state index contributed by atoms with van der Waals surface area (Å²) in [5, 5.41) is 27.4. The molecule has 0 saturated heterocycles. The fourth-order valence-electron chi connectivity index (χ4n) is 9.19. The van der Waals surface area contributed by atoms with Crippen LogP contribution in [0.25, 0.3) is 120 Å². The lowest BCUT2D eigenvalue weighted by Crippen LogP contribution is -1.88. The summed E-state index contributed by atoms with van der Waals surface area (Å²) < 4.78 is 7.06. The monoisotopic (exact) mass is 724 g/mol. The van der Waals surface area contributed by atoms with Gasteiger partial charge in [0.15, 0.2) is 0 Å². The molecule has 0 aliphatic carbocycles. The Labute approximate surface area is 327 Å². The molecule has 3 nitrogen and oxygen atoms in total. The number of hydrogen-bond acceptors (Lipinski definition) is 3. The van der Waals surface area contributed by atoms with Crippen molar-refractivity contribution in [3.8, 4) is 22.3 Å². The zero-order valence-corrected chi connectivity index (χ0v) is 30.8. The van der Waals surface area contributed by atoms with Crippen LogP contribution in [0.4, 0.5) is 0 Å². The second-order valence-electron chi connectivity index (χ2n) is 14.9. The smallest absolute Gasteiger partial charge is 0.249 e. The molecule has 0 aliphatic heterocycles. The first kappa shape index (κ1) is 31.7. The number of fused-ring (bicyclic) bond motifs is 17. The van der Waals surface area contributed by atoms with Gasteiger partial charge in [-0.15, -0.1) is 10.2 Å². The summed E-state index contributed by atoms with van der Waals surface area (Å²) in [6, 6.07) is 70.0. The molecular weight excluding hydrogens is 693 g/mol. The predicted molar refractivity (Wildman–Crippen MR) is 240 cm³/mol. The Morgan fingerprint density at radius 2 is 0.614 bits per heavy atom. The van der Waals surface area contributed by atoms with Crippen LogP contribution in [-0.4, -0.2) is 10.2 Å². The molecule has 0 atom stereocenters. The van der Waals surface area contributed by atoms with E-state index in [1.54, 1.807) is 0 Å². The number of rotatable bonds is 2. The second kappa shape index (κ2) is 12.5. The van der Waals surface area contributed by atoms with E-state index in [9.17, 15) is 0 Å². The minimum Gasteiger partial charge on any atom is -0.416 e. The van der Waals surface area contributed by atoms with Gasteiger partial charge in [-0.25, -0.2) is 0 Å². The van der Waals surface area contributed by atoms with Crippen molar-refractivity contribution in [1.82, 2.24) is 10.2 Å². The normalized spacial score (nSPS) is 11.9. The minimum atomic E-state index is 0.494. The molecule has 0 saturated carbocycles. The van der Waals surface area contributed by atoms with Gasteiger partial charge in [0.05, 0.1) is 10.8 Å². The van der Waals surface area contributed by atoms with Gasteiger partial charge in [0.25, 0.3) is 0 Å². The van der Waals surface area contributed by atoms with Gasteiger partial charge in [-0.3, -0.25) is 0 Å². The van der Waals surface area contributed by atoms with Crippen LogP contribution in [0.3, 0.4) is 0 Å². The van der Waals surface area contributed by atoms with Crippen molar-refractivity contribution in [3.63, 3.8) is 0 Å². The molecular formula is C54H32N2O. The van der Waals surface area contributed by atoms with Crippen LogP contribution in [-0.2, 0) is 0 Å². The van der Waals surface area contributed by atoms with E-state index in [0.717, 1.165) is 86.5 Å². The fraction of sp³-hybridized carbons (Fsp3) is 0. The maximum Gasteiger partial charge on any atom is 0.249 e. The molecule has 0 radical (unpaired) electrons. The third kappa shape index (κ3) is 4.92. The molecule has 0 aliphatic rings. The molecule has 2 aromatic heterocycles. The maximum absolute atomic E-state index is 7.06. The average molecular weight is 725 g/mol. The topological polar surface area (TPSA) is 38.9 Å². The van der Waals surface area contributed by atoms with Gasteiger partial charge in [0, 0.05) is 0 Å². The lowest BCUT2D eigenvalue weighted by molar-refractivity contribution is 0.663. The summed E-state index contributed by atoms with van der Waals surface area (Å²) in [4.78, 5) is 0. The van der Waals surface area contributed by atoms with Gasteiger partial charge in [-0.1, -0.05) is 170 Å². The standard InChI is InChI=1S/C54H32N2O/c1-3-13-33(14-4-1)49-41-21-7-9-23-43(41)51-47-31-39(25-27-45(47)49)37-19-11-17-35(29-37)36-18-12-20-38(30-36)40-26-28-46-48(32-40)52(54-56-55-53(51)57-54)44-24-10-8-22-42(44)50(46)34-15-5-2-6-16-34/h1-32H. The number of hydrogen-bond donors (Lipinski definition) is 0. The van der Waals surface area contributed by atoms with Crippen molar-refractivity contribution in [2.24, 2.45) is 0 Å². The van der Waals surface area contributed by atoms with Gasteiger partial charge in [-0.2, -0.15) is 0 Å². The summed E-state index contributed by atoms with van der Waals surface area (Å²) >= 11 is 0. The first-order valence-corrected chi connectivity index (χ1v) is 19.4. The minimum absolute atomic E-state index is 0.494. The van der Waals surface area contributed by atoms with E-state index in [2.05, 4.69) is 194 Å². The second-order valence-corrected chi connectivity index (χ2v) is 14.9. The first-order chi connectivity index (χ1) is 28.3. The van der Waals surface area contributed by atoms with E-state index in [1.165, 1.54) is 21.9 Å². The van der Waals surface area contributed by atoms with Crippen molar-refractivity contribution in [3.05, 3.63) is 194 Å². The third-order valence-corrected chi connectivity index (χ3v) is 11.8. The summed E-state index contributed by atoms with van der Waals surface area (Å²) in [5.74, 6) is 0. The molecule has 2 heterocycles. The molecule has 57 heavy (non-hydrogen) atoms. The zero-order chi connectivity index (χ0) is 37.5. The highest BCUT2D eigenvalue weighted by molar-refractivity contribution is 6.29. The lowest BCUT2D eigenvalue weighted by atomic mass is 9.89. The largest absolute Gasteiger partial charge is 0.416 e. The molecule has 3 heteroatoms. The quantitative estimate of drug-likeness (QED) is 0.167. The molecule has 12 rings (SSSR count). The molecule has 0 fully saturated rings. The van der Waals surface area contributed by atoms with Gasteiger partial charge in [0.1, 0.15) is 0 Å². The van der Waals surface area contributed by atoms with Crippen LogP contribution in [0, 0.1) is 0 Å². The molecule has 0 N–H and O–H groups in total. The summed E-state index contributed by atoms with van der Waals surface area (Å²) in [7, 11) is 0. The van der Waals surface area contributed by atoms with Crippen LogP contribution < -0.4 is 0 Å². The van der Waals surface area contributed by atoms with Crippen LogP contribution in [0.2, 0.25) is 0 Å². The average Bonchev–Trinajstić information content (AvgIpc) is 3.76. The first-order valence-electron chi connectivity index (χ1n) is 19.4. The van der Waals surface area contributed by atoms with Crippen LogP contribution >= 0.6 is 0 Å². The predicted octanol–water partition coefficient (Wildman–Crippen LogP) is 14.9. The number of aromatic nitrogens is 2. The zero-order valence-electron chi connectivity index (χ0n) is 30.8. The molecule has 10 bridgehead atoms. The van der Waals surface area contributed by atoms with E-state index in [-0.39, 0.29) is 0 Å². The van der Waals surface area contributed by atoms with E-state index in [1.807, 2.05) is 0 Å². The number of benzene rings is 10. The van der Waals surface area contributed by atoms with E-state index < -0.39 is 0 Å². The SMILES string of the molecule is c1ccc(-c2c3ccccc3c3c4nnc(o4)c4c5ccccc5c(-c5ccccc5)c5ccc(cc54)c4cccc(c4)c4cccc(c4)c4ccc2c3c4)cc1. The van der Waals surface area contributed by atoms with Crippen LogP contribution in [0.15, 0.2) is 199 Å². The van der Waals surface area contributed by atoms with Crippen LogP contribution in [0.1, 0.15) is 0 Å². The molecule has 10 aromatic carbocycles. The van der Waals surface area contributed by atoms with E-state index in [0.29, 0.717) is 11.4 Å². The van der Waals surface area contributed by atoms with Gasteiger partial charge >= 0.3 is 0 Å². The third-order valence-electron chi connectivity index (χ3n) is 11.8. The van der Waals surface area contributed by atoms with Crippen molar-refractivity contribution in [1.29, 1.82) is 0 Å². The Bertz CT molecular complexity index is 3440. The highest BCUT2D eigenvalue weighted by Gasteiger charge is 2.19. The fourth-order valence-corrected chi connectivity index (χ4v) is 9.19. The Kier molecular flexibility index (Phi) is 6.93.